The van der Waals surface area contributed by atoms with Crippen molar-refractivity contribution >= 4 is 45.8 Å². The Morgan fingerprint density at radius 2 is 1.76 bits per heavy atom. The fraction of sp³-hybridized carbons (Fsp3) is 0.0417. The molecule has 5 heteroatoms. The molecule has 0 aliphatic rings. The molecule has 0 bridgehead atoms. The van der Waals surface area contributed by atoms with E-state index in [4.69, 9.17) is 32.4 Å². The molecule has 0 fully saturated rings. The first-order chi connectivity index (χ1) is 14.1. The number of halogens is 2. The van der Waals surface area contributed by atoms with Gasteiger partial charge in [0.2, 0.25) is 0 Å². The van der Waals surface area contributed by atoms with Crippen molar-refractivity contribution in [1.82, 2.24) is 0 Å². The van der Waals surface area contributed by atoms with Gasteiger partial charge in [-0.25, -0.2) is 0 Å². The third-order valence-corrected chi connectivity index (χ3v) is 4.91. The van der Waals surface area contributed by atoms with Gasteiger partial charge in [0.25, 0.3) is 0 Å². The van der Waals surface area contributed by atoms with Crippen LogP contribution in [-0.2, 0) is 6.61 Å². The van der Waals surface area contributed by atoms with Crippen LogP contribution in [0.5, 0.6) is 5.75 Å². The number of rotatable bonds is 6. The summed E-state index contributed by atoms with van der Waals surface area (Å²) in [6.07, 6.45) is 3.15. The average molecular weight is 423 g/mol. The average Bonchev–Trinajstić information content (AvgIpc) is 3.19. The molecule has 144 valence electrons. The lowest BCUT2D eigenvalue weighted by Gasteiger charge is -2.06. The lowest BCUT2D eigenvalue weighted by Crippen LogP contribution is -1.94. The van der Waals surface area contributed by atoms with E-state index in [1.54, 1.807) is 36.4 Å². The van der Waals surface area contributed by atoms with Crippen LogP contribution in [0.3, 0.4) is 0 Å². The summed E-state index contributed by atoms with van der Waals surface area (Å²) in [5.74, 6) is 1.63. The normalized spacial score (nSPS) is 11.2. The molecule has 1 aromatic heterocycles. The van der Waals surface area contributed by atoms with Gasteiger partial charge in [0.05, 0.1) is 5.02 Å². The van der Waals surface area contributed by atoms with Crippen LogP contribution in [0.25, 0.3) is 16.8 Å². The highest BCUT2D eigenvalue weighted by Crippen LogP contribution is 2.28. The van der Waals surface area contributed by atoms with Gasteiger partial charge in [-0.15, -0.1) is 0 Å². The molecule has 3 nitrogen and oxygen atoms in total. The molecule has 0 radical (unpaired) electrons. The zero-order valence-electron chi connectivity index (χ0n) is 15.3. The first-order valence-corrected chi connectivity index (χ1v) is 9.72. The molecule has 29 heavy (non-hydrogen) atoms. The minimum Gasteiger partial charge on any atom is -0.484 e. The highest BCUT2D eigenvalue weighted by atomic mass is 35.5. The molecule has 0 aliphatic heterocycles. The van der Waals surface area contributed by atoms with Crippen molar-refractivity contribution in [2.75, 3.05) is 0 Å². The lowest BCUT2D eigenvalue weighted by molar-refractivity contribution is 0.104. The Labute approximate surface area is 178 Å². The Morgan fingerprint density at radius 1 is 0.931 bits per heavy atom. The van der Waals surface area contributed by atoms with E-state index in [1.165, 1.54) is 6.08 Å². The number of carbonyl (C=O) groups is 1. The van der Waals surface area contributed by atoms with Gasteiger partial charge in [0.1, 0.15) is 23.9 Å². The number of ketones is 1. The Morgan fingerprint density at radius 3 is 2.59 bits per heavy atom. The second kappa shape index (κ2) is 8.56. The minimum atomic E-state index is -0.0853. The summed E-state index contributed by atoms with van der Waals surface area (Å²) in [6.45, 7) is 0.216. The number of furan rings is 1. The summed E-state index contributed by atoms with van der Waals surface area (Å²) in [7, 11) is 0. The van der Waals surface area contributed by atoms with E-state index < -0.39 is 0 Å². The van der Waals surface area contributed by atoms with Crippen molar-refractivity contribution in [2.24, 2.45) is 0 Å². The van der Waals surface area contributed by atoms with Gasteiger partial charge >= 0.3 is 0 Å². The summed E-state index contributed by atoms with van der Waals surface area (Å²) in [5.41, 5.74) is 0.632. The summed E-state index contributed by atoms with van der Waals surface area (Å²) in [6, 6.07) is 22.2. The molecule has 0 unspecified atom stereocenters. The highest BCUT2D eigenvalue weighted by molar-refractivity contribution is 6.35. The van der Waals surface area contributed by atoms with Gasteiger partial charge in [0.15, 0.2) is 5.78 Å². The van der Waals surface area contributed by atoms with Crippen LogP contribution in [0.2, 0.25) is 10.0 Å². The quantitative estimate of drug-likeness (QED) is 0.243. The van der Waals surface area contributed by atoms with E-state index in [9.17, 15) is 4.79 Å². The second-order valence-electron chi connectivity index (χ2n) is 6.43. The number of hydrogen-bond acceptors (Lipinski definition) is 3. The van der Waals surface area contributed by atoms with Gasteiger partial charge in [-0.2, -0.15) is 0 Å². The summed E-state index contributed by atoms with van der Waals surface area (Å²) in [4.78, 5) is 12.5. The molecule has 4 aromatic rings. The van der Waals surface area contributed by atoms with Gasteiger partial charge in [-0.3, -0.25) is 4.79 Å². The standard InChI is InChI=1S/C24H16Cl2O3/c25-19-7-12-24(22(26)14-19)28-15-21-9-8-20(29-21)10-11-23(27)18-6-5-16-3-1-2-4-17(16)13-18/h1-14H,15H2/b11-10+. The first kappa shape index (κ1) is 19.3. The van der Waals surface area contributed by atoms with Gasteiger partial charge in [-0.1, -0.05) is 59.6 Å². The Kier molecular flexibility index (Phi) is 5.70. The van der Waals surface area contributed by atoms with E-state index in [0.29, 0.717) is 32.9 Å². The smallest absolute Gasteiger partial charge is 0.185 e. The SMILES string of the molecule is O=C(/C=C/c1ccc(COc2ccc(Cl)cc2Cl)o1)c1ccc2ccccc2c1. The Balaban J connectivity index is 1.41. The van der Waals surface area contributed by atoms with Crippen molar-refractivity contribution in [2.45, 2.75) is 6.61 Å². The molecular weight excluding hydrogens is 407 g/mol. The maximum atomic E-state index is 12.5. The Hall–Kier alpha value is -3.01. The Bertz CT molecular complexity index is 1210. The largest absolute Gasteiger partial charge is 0.484 e. The number of allylic oxidation sites excluding steroid dienone is 1. The van der Waals surface area contributed by atoms with Gasteiger partial charge < -0.3 is 9.15 Å². The van der Waals surface area contributed by atoms with E-state index in [0.717, 1.165) is 10.8 Å². The number of carbonyl (C=O) groups excluding carboxylic acids is 1. The third kappa shape index (κ3) is 4.70. The van der Waals surface area contributed by atoms with Crippen LogP contribution >= 0.6 is 23.2 Å². The van der Waals surface area contributed by atoms with Crippen LogP contribution in [-0.4, -0.2) is 5.78 Å². The van der Waals surface area contributed by atoms with Crippen molar-refractivity contribution in [3.63, 3.8) is 0 Å². The van der Waals surface area contributed by atoms with Gasteiger partial charge in [0, 0.05) is 10.6 Å². The predicted octanol–water partition coefficient (Wildman–Crippen LogP) is 7.21. The summed E-state index contributed by atoms with van der Waals surface area (Å²) in [5, 5.41) is 3.11. The fourth-order valence-electron chi connectivity index (χ4n) is 2.90. The van der Waals surface area contributed by atoms with Crippen LogP contribution in [0.15, 0.2) is 83.3 Å². The molecule has 0 saturated carbocycles. The zero-order chi connectivity index (χ0) is 20.2. The first-order valence-electron chi connectivity index (χ1n) is 8.96. The monoisotopic (exact) mass is 422 g/mol. The predicted molar refractivity (Wildman–Crippen MR) is 117 cm³/mol. The molecule has 0 spiro atoms. The third-order valence-electron chi connectivity index (χ3n) is 4.38. The molecule has 0 N–H and O–H groups in total. The van der Waals surface area contributed by atoms with E-state index in [2.05, 4.69) is 0 Å². The van der Waals surface area contributed by atoms with Crippen molar-refractivity contribution < 1.29 is 13.9 Å². The van der Waals surface area contributed by atoms with Crippen LogP contribution < -0.4 is 4.74 Å². The number of ether oxygens (including phenoxy) is 1. The number of fused-ring (bicyclic) bond motifs is 1. The fourth-order valence-corrected chi connectivity index (χ4v) is 3.36. The van der Waals surface area contributed by atoms with E-state index >= 15 is 0 Å². The molecule has 3 aromatic carbocycles. The molecule has 0 saturated heterocycles. The van der Waals surface area contributed by atoms with E-state index in [1.807, 2.05) is 42.5 Å². The van der Waals surface area contributed by atoms with Crippen LogP contribution in [0.1, 0.15) is 21.9 Å². The van der Waals surface area contributed by atoms with Crippen molar-refractivity contribution in [1.29, 1.82) is 0 Å². The second-order valence-corrected chi connectivity index (χ2v) is 7.27. The molecule has 0 amide bonds. The zero-order valence-corrected chi connectivity index (χ0v) is 16.8. The number of benzene rings is 3. The maximum absolute atomic E-state index is 12.5. The van der Waals surface area contributed by atoms with Crippen LogP contribution in [0.4, 0.5) is 0 Å². The molecule has 0 aliphatic carbocycles. The molecule has 4 rings (SSSR count). The maximum Gasteiger partial charge on any atom is 0.185 e. The summed E-state index contributed by atoms with van der Waals surface area (Å²) < 4.78 is 11.3. The topological polar surface area (TPSA) is 39.4 Å². The molecule has 0 atom stereocenters. The lowest BCUT2D eigenvalue weighted by atomic mass is 10.0. The van der Waals surface area contributed by atoms with Crippen molar-refractivity contribution in [3.8, 4) is 5.75 Å². The van der Waals surface area contributed by atoms with Crippen molar-refractivity contribution in [3.05, 3.63) is 106 Å². The summed E-state index contributed by atoms with van der Waals surface area (Å²) >= 11 is 12.0. The van der Waals surface area contributed by atoms with E-state index in [-0.39, 0.29) is 12.4 Å². The molecule has 1 heterocycles. The van der Waals surface area contributed by atoms with Crippen LogP contribution in [0, 0.1) is 0 Å². The highest BCUT2D eigenvalue weighted by Gasteiger charge is 2.07. The number of hydrogen-bond donors (Lipinski definition) is 0. The molecular formula is C24H16Cl2O3. The minimum absolute atomic E-state index is 0.0853. The van der Waals surface area contributed by atoms with Gasteiger partial charge in [-0.05, 0) is 59.3 Å².